The van der Waals surface area contributed by atoms with Gasteiger partial charge in [0.1, 0.15) is 0 Å². The topological polar surface area (TPSA) is 81.5 Å². The van der Waals surface area contributed by atoms with Gasteiger partial charge in [-0.25, -0.2) is 4.79 Å². The predicted octanol–water partition coefficient (Wildman–Crippen LogP) is 2.93. The summed E-state index contributed by atoms with van der Waals surface area (Å²) in [5.74, 6) is 0. The van der Waals surface area contributed by atoms with Crippen LogP contribution in [0.5, 0.6) is 0 Å². The third kappa shape index (κ3) is 3.20. The molecule has 0 spiro atoms. The lowest BCUT2D eigenvalue weighted by Crippen LogP contribution is -2.13. The Kier molecular flexibility index (Phi) is 4.24. The highest BCUT2D eigenvalue weighted by Crippen LogP contribution is 2.27. The number of benzene rings is 1. The molecule has 1 rings (SSSR count). The van der Waals surface area contributed by atoms with Crippen LogP contribution in [0.25, 0.3) is 0 Å². The van der Waals surface area contributed by atoms with Crippen molar-refractivity contribution in [3.05, 3.63) is 32.8 Å². The van der Waals surface area contributed by atoms with Crippen molar-refractivity contribution in [3.63, 3.8) is 0 Å². The van der Waals surface area contributed by atoms with Gasteiger partial charge in [0, 0.05) is 16.6 Å². The zero-order valence-corrected chi connectivity index (χ0v) is 9.98. The molecule has 0 atom stereocenters. The van der Waals surface area contributed by atoms with Crippen molar-refractivity contribution in [2.24, 2.45) is 0 Å². The highest BCUT2D eigenvalue weighted by molar-refractivity contribution is 9.10. The monoisotopic (exact) mass is 288 g/mol. The van der Waals surface area contributed by atoms with Crippen molar-refractivity contribution >= 4 is 33.4 Å². The van der Waals surface area contributed by atoms with Crippen molar-refractivity contribution < 1.29 is 14.5 Å². The van der Waals surface area contributed by atoms with Gasteiger partial charge in [0.15, 0.2) is 0 Å². The first-order chi connectivity index (χ1) is 7.54. The molecule has 1 N–H and O–H groups in total. The van der Waals surface area contributed by atoms with Gasteiger partial charge in [-0.2, -0.15) is 0 Å². The van der Waals surface area contributed by atoms with Crippen LogP contribution in [0.4, 0.5) is 16.2 Å². The van der Waals surface area contributed by atoms with Gasteiger partial charge in [-0.1, -0.05) is 0 Å². The molecule has 0 heterocycles. The number of anilines is 1. The van der Waals surface area contributed by atoms with E-state index in [1.807, 2.05) is 0 Å². The van der Waals surface area contributed by atoms with Crippen LogP contribution in [-0.2, 0) is 4.74 Å². The average Bonchev–Trinajstić information content (AvgIpc) is 2.21. The van der Waals surface area contributed by atoms with Crippen LogP contribution in [0.15, 0.2) is 22.7 Å². The molecule has 1 aromatic carbocycles. The first-order valence-corrected chi connectivity index (χ1v) is 5.21. The summed E-state index contributed by atoms with van der Waals surface area (Å²) in [5.41, 5.74) is 0.197. The minimum atomic E-state index is -0.649. The number of rotatable bonds is 3. The fraction of sp³-hybridized carbons (Fsp3) is 0.222. The van der Waals surface area contributed by atoms with Crippen LogP contribution in [0.3, 0.4) is 0 Å². The first-order valence-electron chi connectivity index (χ1n) is 4.42. The number of halogens is 1. The first kappa shape index (κ1) is 12.4. The van der Waals surface area contributed by atoms with Gasteiger partial charge in [-0.3, -0.25) is 15.4 Å². The smallest absolute Gasteiger partial charge is 0.411 e. The SMILES string of the molecule is CCOC(=O)Nc1cc([N+](=O)[O-])ccc1Br. The Bertz CT molecular complexity index is 422. The molecule has 0 aliphatic rings. The quantitative estimate of drug-likeness (QED) is 0.685. The number of hydrogen-bond donors (Lipinski definition) is 1. The van der Waals surface area contributed by atoms with Crippen LogP contribution in [-0.4, -0.2) is 17.6 Å². The maximum Gasteiger partial charge on any atom is 0.411 e. The molecule has 0 unspecified atom stereocenters. The standard InChI is InChI=1S/C9H9BrN2O4/c1-2-16-9(13)11-8-5-6(12(14)15)3-4-7(8)10/h3-5H,2H2,1H3,(H,11,13). The van der Waals surface area contributed by atoms with Gasteiger partial charge < -0.3 is 4.74 Å². The zero-order chi connectivity index (χ0) is 12.1. The van der Waals surface area contributed by atoms with Crippen LogP contribution in [0.1, 0.15) is 6.92 Å². The molecule has 0 aliphatic carbocycles. The molecule has 0 bridgehead atoms. The van der Waals surface area contributed by atoms with Crippen LogP contribution in [0, 0.1) is 10.1 Å². The molecule has 1 amide bonds. The number of nitro groups is 1. The zero-order valence-electron chi connectivity index (χ0n) is 8.40. The minimum Gasteiger partial charge on any atom is -0.450 e. The summed E-state index contributed by atoms with van der Waals surface area (Å²) in [6.07, 6.45) is -0.649. The number of carbonyl (C=O) groups is 1. The Balaban J connectivity index is 2.90. The maximum atomic E-state index is 11.1. The second kappa shape index (κ2) is 5.45. The van der Waals surface area contributed by atoms with Crippen molar-refractivity contribution in [3.8, 4) is 0 Å². The van der Waals surface area contributed by atoms with Gasteiger partial charge in [0.05, 0.1) is 17.2 Å². The van der Waals surface area contributed by atoms with Gasteiger partial charge in [0.25, 0.3) is 5.69 Å². The van der Waals surface area contributed by atoms with E-state index in [0.717, 1.165) is 0 Å². The molecule has 7 heteroatoms. The lowest BCUT2D eigenvalue weighted by Gasteiger charge is -2.06. The summed E-state index contributed by atoms with van der Waals surface area (Å²) in [4.78, 5) is 21.1. The summed E-state index contributed by atoms with van der Waals surface area (Å²) in [6, 6.07) is 4.07. The lowest BCUT2D eigenvalue weighted by molar-refractivity contribution is -0.384. The molecule has 0 aromatic heterocycles. The van der Waals surface area contributed by atoms with E-state index in [4.69, 9.17) is 0 Å². The van der Waals surface area contributed by atoms with Crippen molar-refractivity contribution in [1.29, 1.82) is 0 Å². The molecule has 0 aliphatic heterocycles. The van der Waals surface area contributed by atoms with Crippen LogP contribution < -0.4 is 5.32 Å². The number of non-ortho nitro benzene ring substituents is 1. The van der Waals surface area contributed by atoms with E-state index in [9.17, 15) is 14.9 Å². The summed E-state index contributed by atoms with van der Waals surface area (Å²) in [7, 11) is 0. The Morgan fingerprint density at radius 3 is 2.88 bits per heavy atom. The fourth-order valence-electron chi connectivity index (χ4n) is 1.000. The van der Waals surface area contributed by atoms with Gasteiger partial charge in [-0.05, 0) is 28.9 Å². The predicted molar refractivity (Wildman–Crippen MR) is 61.4 cm³/mol. The third-order valence-corrected chi connectivity index (χ3v) is 2.36. The molecule has 0 saturated heterocycles. The van der Waals surface area contributed by atoms with E-state index in [-0.39, 0.29) is 12.3 Å². The van der Waals surface area contributed by atoms with Crippen LogP contribution >= 0.6 is 15.9 Å². The molecule has 1 aromatic rings. The second-order valence-corrected chi connectivity index (χ2v) is 3.62. The van der Waals surface area contributed by atoms with Crippen LogP contribution in [0.2, 0.25) is 0 Å². The number of hydrogen-bond acceptors (Lipinski definition) is 4. The maximum absolute atomic E-state index is 11.1. The second-order valence-electron chi connectivity index (χ2n) is 2.77. The van der Waals surface area contributed by atoms with E-state index >= 15 is 0 Å². The molecular weight excluding hydrogens is 280 g/mol. The summed E-state index contributed by atoms with van der Waals surface area (Å²) < 4.78 is 5.21. The molecule has 16 heavy (non-hydrogen) atoms. The number of nitro benzene ring substituents is 1. The van der Waals surface area contributed by atoms with E-state index in [1.54, 1.807) is 6.92 Å². The van der Waals surface area contributed by atoms with Crippen molar-refractivity contribution in [2.45, 2.75) is 6.92 Å². The summed E-state index contributed by atoms with van der Waals surface area (Å²) >= 11 is 3.17. The molecule has 0 radical (unpaired) electrons. The van der Waals surface area contributed by atoms with E-state index < -0.39 is 11.0 Å². The van der Waals surface area contributed by atoms with E-state index in [0.29, 0.717) is 10.2 Å². The Labute approximate surface area is 99.9 Å². The Hall–Kier alpha value is -1.63. The van der Waals surface area contributed by atoms with E-state index in [2.05, 4.69) is 26.0 Å². The fourth-order valence-corrected chi connectivity index (χ4v) is 1.35. The summed E-state index contributed by atoms with van der Waals surface area (Å²) in [6.45, 7) is 1.90. The summed E-state index contributed by atoms with van der Waals surface area (Å²) in [5, 5.41) is 12.9. The number of nitrogens with one attached hydrogen (secondary N) is 1. The molecule has 0 fully saturated rings. The number of carbonyl (C=O) groups excluding carboxylic acids is 1. The number of nitrogens with zero attached hydrogens (tertiary/aromatic N) is 1. The lowest BCUT2D eigenvalue weighted by atomic mass is 10.3. The molecule has 0 saturated carbocycles. The van der Waals surface area contributed by atoms with E-state index in [1.165, 1.54) is 18.2 Å². The molecule has 86 valence electrons. The van der Waals surface area contributed by atoms with Crippen molar-refractivity contribution in [2.75, 3.05) is 11.9 Å². The third-order valence-electron chi connectivity index (χ3n) is 1.67. The Morgan fingerprint density at radius 2 is 2.31 bits per heavy atom. The minimum absolute atomic E-state index is 0.102. The molecular formula is C9H9BrN2O4. The number of ether oxygens (including phenoxy) is 1. The Morgan fingerprint density at radius 1 is 1.62 bits per heavy atom. The van der Waals surface area contributed by atoms with Crippen molar-refractivity contribution in [1.82, 2.24) is 0 Å². The van der Waals surface area contributed by atoms with Gasteiger partial charge in [0.2, 0.25) is 0 Å². The molecule has 6 nitrogen and oxygen atoms in total. The largest absolute Gasteiger partial charge is 0.450 e. The highest BCUT2D eigenvalue weighted by Gasteiger charge is 2.11. The number of amides is 1. The average molecular weight is 289 g/mol. The highest BCUT2D eigenvalue weighted by atomic mass is 79.9. The normalized spacial score (nSPS) is 9.62. The van der Waals surface area contributed by atoms with Gasteiger partial charge in [-0.15, -0.1) is 0 Å². The van der Waals surface area contributed by atoms with Gasteiger partial charge >= 0.3 is 6.09 Å².